The predicted octanol–water partition coefficient (Wildman–Crippen LogP) is 5.19. The fraction of sp³-hybridized carbons (Fsp3) is 0.296. The number of nitrogens with zero attached hydrogens (tertiary/aromatic N) is 1. The lowest BCUT2D eigenvalue weighted by atomic mass is 10.1. The first-order valence-electron chi connectivity index (χ1n) is 11.5. The van der Waals surface area contributed by atoms with Crippen LogP contribution in [0.1, 0.15) is 30.9 Å². The SMILES string of the molecule is CCCCc1ccc(NC(=O)CN(c2ccc(OC)cc2OC)S(=O)(=O)c2ccc(C)cc2)cc1. The van der Waals surface area contributed by atoms with Gasteiger partial charge >= 0.3 is 0 Å². The lowest BCUT2D eigenvalue weighted by molar-refractivity contribution is -0.114. The second-order valence-corrected chi connectivity index (χ2v) is 10.1. The summed E-state index contributed by atoms with van der Waals surface area (Å²) in [6.07, 6.45) is 3.18. The van der Waals surface area contributed by atoms with Crippen LogP contribution < -0.4 is 19.1 Å². The van der Waals surface area contributed by atoms with Crippen LogP contribution in [0.3, 0.4) is 0 Å². The third kappa shape index (κ3) is 6.54. The summed E-state index contributed by atoms with van der Waals surface area (Å²) in [6.45, 7) is 3.58. The summed E-state index contributed by atoms with van der Waals surface area (Å²) in [6, 6.07) is 18.9. The Morgan fingerprint density at radius 3 is 2.23 bits per heavy atom. The topological polar surface area (TPSA) is 84.9 Å². The Labute approximate surface area is 207 Å². The van der Waals surface area contributed by atoms with Crippen molar-refractivity contribution in [3.05, 3.63) is 77.9 Å². The minimum atomic E-state index is -4.08. The molecule has 0 aliphatic heterocycles. The molecule has 3 aromatic carbocycles. The van der Waals surface area contributed by atoms with Gasteiger partial charge in [-0.3, -0.25) is 9.10 Å². The second kappa shape index (κ2) is 11.8. The fourth-order valence-electron chi connectivity index (χ4n) is 3.59. The molecule has 3 aromatic rings. The van der Waals surface area contributed by atoms with Crippen molar-refractivity contribution in [2.24, 2.45) is 0 Å². The molecule has 0 aliphatic rings. The van der Waals surface area contributed by atoms with Gasteiger partial charge in [-0.05, 0) is 61.7 Å². The van der Waals surface area contributed by atoms with Gasteiger partial charge in [-0.15, -0.1) is 0 Å². The molecule has 0 aliphatic carbocycles. The van der Waals surface area contributed by atoms with E-state index in [0.717, 1.165) is 29.1 Å². The highest BCUT2D eigenvalue weighted by atomic mass is 32.2. The molecular weight excluding hydrogens is 464 g/mol. The van der Waals surface area contributed by atoms with Crippen molar-refractivity contribution in [1.82, 2.24) is 0 Å². The van der Waals surface area contributed by atoms with Gasteiger partial charge in [0.05, 0.1) is 24.8 Å². The summed E-state index contributed by atoms with van der Waals surface area (Å²) >= 11 is 0. The van der Waals surface area contributed by atoms with E-state index in [1.54, 1.807) is 30.3 Å². The molecule has 1 N–H and O–H groups in total. The van der Waals surface area contributed by atoms with Crippen LogP contribution in [0.25, 0.3) is 0 Å². The Morgan fingerprint density at radius 2 is 1.63 bits per heavy atom. The average Bonchev–Trinajstić information content (AvgIpc) is 2.86. The molecule has 0 unspecified atom stereocenters. The first kappa shape index (κ1) is 26.1. The number of hydrogen-bond donors (Lipinski definition) is 1. The highest BCUT2D eigenvalue weighted by molar-refractivity contribution is 7.92. The van der Waals surface area contributed by atoms with Crippen molar-refractivity contribution in [3.8, 4) is 11.5 Å². The van der Waals surface area contributed by atoms with E-state index in [1.165, 1.54) is 31.9 Å². The molecule has 1 amide bonds. The number of ether oxygens (including phenoxy) is 2. The molecule has 0 saturated heterocycles. The smallest absolute Gasteiger partial charge is 0.264 e. The van der Waals surface area contributed by atoms with E-state index < -0.39 is 22.5 Å². The quantitative estimate of drug-likeness (QED) is 0.395. The number of nitrogens with one attached hydrogen (secondary N) is 1. The average molecular weight is 497 g/mol. The molecule has 3 rings (SSSR count). The van der Waals surface area contributed by atoms with Gasteiger partial charge in [-0.25, -0.2) is 8.42 Å². The van der Waals surface area contributed by atoms with E-state index in [4.69, 9.17) is 9.47 Å². The number of methoxy groups -OCH3 is 2. The number of rotatable bonds is 11. The van der Waals surface area contributed by atoms with Crippen molar-refractivity contribution in [3.63, 3.8) is 0 Å². The van der Waals surface area contributed by atoms with Gasteiger partial charge < -0.3 is 14.8 Å². The molecule has 0 atom stereocenters. The standard InChI is InChI=1S/C27H32N2O5S/c1-5-6-7-21-10-12-22(13-11-21)28-27(30)19-29(25-17-14-23(33-3)18-26(25)34-4)35(31,32)24-15-8-20(2)9-16-24/h8-18H,5-7,19H2,1-4H3,(H,28,30). The molecule has 0 radical (unpaired) electrons. The van der Waals surface area contributed by atoms with Crippen molar-refractivity contribution >= 4 is 27.3 Å². The maximum absolute atomic E-state index is 13.7. The summed E-state index contributed by atoms with van der Waals surface area (Å²) in [5, 5.41) is 2.81. The predicted molar refractivity (Wildman–Crippen MR) is 139 cm³/mol. The zero-order valence-corrected chi connectivity index (χ0v) is 21.4. The van der Waals surface area contributed by atoms with Crippen LogP contribution in [0.15, 0.2) is 71.6 Å². The monoisotopic (exact) mass is 496 g/mol. The molecule has 0 aromatic heterocycles. The molecular formula is C27H32N2O5S. The zero-order valence-electron chi connectivity index (χ0n) is 20.6. The molecule has 0 fully saturated rings. The van der Waals surface area contributed by atoms with E-state index in [1.807, 2.05) is 31.2 Å². The molecule has 8 heteroatoms. The Kier molecular flexibility index (Phi) is 8.76. The molecule has 0 spiro atoms. The second-order valence-electron chi connectivity index (χ2n) is 8.21. The molecule has 0 heterocycles. The minimum absolute atomic E-state index is 0.0778. The van der Waals surface area contributed by atoms with Crippen molar-refractivity contribution in [1.29, 1.82) is 0 Å². The van der Waals surface area contributed by atoms with Gasteiger partial charge in [0, 0.05) is 11.8 Å². The number of carbonyl (C=O) groups is 1. The molecule has 186 valence electrons. The fourth-order valence-corrected chi connectivity index (χ4v) is 5.03. The van der Waals surface area contributed by atoms with Crippen LogP contribution >= 0.6 is 0 Å². The van der Waals surface area contributed by atoms with Crippen molar-refractivity contribution < 1.29 is 22.7 Å². The van der Waals surface area contributed by atoms with E-state index in [0.29, 0.717) is 11.4 Å². The largest absolute Gasteiger partial charge is 0.497 e. The number of unbranched alkanes of at least 4 members (excludes halogenated alkanes) is 1. The molecule has 0 saturated carbocycles. The van der Waals surface area contributed by atoms with E-state index in [2.05, 4.69) is 12.2 Å². The number of carbonyl (C=O) groups excluding carboxylic acids is 1. The number of aryl methyl sites for hydroxylation is 2. The third-order valence-electron chi connectivity index (χ3n) is 5.61. The number of hydrogen-bond acceptors (Lipinski definition) is 5. The molecule has 0 bridgehead atoms. The summed E-state index contributed by atoms with van der Waals surface area (Å²) < 4.78 is 39.1. The number of benzene rings is 3. The van der Waals surface area contributed by atoms with Crippen LogP contribution in [0.4, 0.5) is 11.4 Å². The van der Waals surface area contributed by atoms with Crippen LogP contribution in [-0.2, 0) is 21.2 Å². The Morgan fingerprint density at radius 1 is 0.943 bits per heavy atom. The van der Waals surface area contributed by atoms with Gasteiger partial charge in [-0.2, -0.15) is 0 Å². The number of anilines is 2. The Bertz CT molecular complexity index is 1240. The van der Waals surface area contributed by atoms with Crippen LogP contribution in [0, 0.1) is 6.92 Å². The van der Waals surface area contributed by atoms with Gasteiger partial charge in [-0.1, -0.05) is 43.2 Å². The highest BCUT2D eigenvalue weighted by Crippen LogP contribution is 2.35. The van der Waals surface area contributed by atoms with Crippen molar-refractivity contribution in [2.75, 3.05) is 30.4 Å². The van der Waals surface area contributed by atoms with Crippen LogP contribution in [-0.4, -0.2) is 35.1 Å². The van der Waals surface area contributed by atoms with E-state index >= 15 is 0 Å². The normalized spacial score (nSPS) is 11.1. The maximum Gasteiger partial charge on any atom is 0.264 e. The highest BCUT2D eigenvalue weighted by Gasteiger charge is 2.29. The number of sulfonamides is 1. The van der Waals surface area contributed by atoms with E-state index in [9.17, 15) is 13.2 Å². The third-order valence-corrected chi connectivity index (χ3v) is 7.38. The van der Waals surface area contributed by atoms with Gasteiger partial charge in [0.2, 0.25) is 5.91 Å². The van der Waals surface area contributed by atoms with Gasteiger partial charge in [0.25, 0.3) is 10.0 Å². The molecule has 7 nitrogen and oxygen atoms in total. The van der Waals surface area contributed by atoms with Gasteiger partial charge in [0.15, 0.2) is 0 Å². The Balaban J connectivity index is 1.93. The summed E-state index contributed by atoms with van der Waals surface area (Å²) in [7, 11) is -1.13. The van der Waals surface area contributed by atoms with E-state index in [-0.39, 0.29) is 16.3 Å². The number of amides is 1. The summed E-state index contributed by atoms with van der Waals surface area (Å²) in [5.74, 6) is 0.305. The van der Waals surface area contributed by atoms with Crippen LogP contribution in [0.5, 0.6) is 11.5 Å². The summed E-state index contributed by atoms with van der Waals surface area (Å²) in [5.41, 5.74) is 2.96. The molecule has 35 heavy (non-hydrogen) atoms. The van der Waals surface area contributed by atoms with Gasteiger partial charge in [0.1, 0.15) is 18.0 Å². The zero-order chi connectivity index (χ0) is 25.4. The maximum atomic E-state index is 13.7. The summed E-state index contributed by atoms with van der Waals surface area (Å²) in [4.78, 5) is 13.1. The Hall–Kier alpha value is -3.52. The lowest BCUT2D eigenvalue weighted by Crippen LogP contribution is -2.38. The first-order chi connectivity index (χ1) is 16.8. The van der Waals surface area contributed by atoms with Crippen molar-refractivity contribution in [2.45, 2.75) is 38.0 Å². The van der Waals surface area contributed by atoms with Crippen LogP contribution in [0.2, 0.25) is 0 Å². The first-order valence-corrected chi connectivity index (χ1v) is 12.9. The minimum Gasteiger partial charge on any atom is -0.497 e. The lowest BCUT2D eigenvalue weighted by Gasteiger charge is -2.26.